The van der Waals surface area contributed by atoms with E-state index in [0.717, 1.165) is 11.5 Å². The van der Waals surface area contributed by atoms with Crippen LogP contribution in [0.1, 0.15) is 59.8 Å². The predicted octanol–water partition coefficient (Wildman–Crippen LogP) is 0.913. The molecule has 0 aliphatic carbocycles. The summed E-state index contributed by atoms with van der Waals surface area (Å²) in [4.78, 5) is 49.9. The second kappa shape index (κ2) is 11.1. The topological polar surface area (TPSA) is 149 Å². The van der Waals surface area contributed by atoms with Crippen molar-refractivity contribution in [1.29, 1.82) is 0 Å². The molecule has 3 amide bonds. The summed E-state index contributed by atoms with van der Waals surface area (Å²) in [6.45, 7) is 6.42. The van der Waals surface area contributed by atoms with Gasteiger partial charge in [-0.05, 0) is 33.1 Å². The average Bonchev–Trinajstić information content (AvgIpc) is 2.97. The van der Waals surface area contributed by atoms with Crippen molar-refractivity contribution < 1.29 is 41.4 Å². The Kier molecular flexibility index (Phi) is 9.06. The van der Waals surface area contributed by atoms with E-state index >= 15 is 0 Å². The molecule has 12 nitrogen and oxygen atoms in total. The van der Waals surface area contributed by atoms with Gasteiger partial charge < -0.3 is 19.7 Å². The van der Waals surface area contributed by atoms with E-state index in [0.29, 0.717) is 19.3 Å². The first-order valence-electron chi connectivity index (χ1n) is 11.0. The highest BCUT2D eigenvalue weighted by Crippen LogP contribution is 2.32. The summed E-state index contributed by atoms with van der Waals surface area (Å²) in [6.07, 6.45) is 2.29. The van der Waals surface area contributed by atoms with E-state index in [9.17, 15) is 27.6 Å². The van der Waals surface area contributed by atoms with E-state index in [1.165, 1.54) is 18.7 Å². The number of amides is 3. The molecular formula is C20H33N3O9S. The second-order valence-electron chi connectivity index (χ2n) is 8.71. The number of hydrogen-bond acceptors (Lipinski definition) is 9. The zero-order valence-corrected chi connectivity index (χ0v) is 20.3. The van der Waals surface area contributed by atoms with E-state index in [1.54, 1.807) is 6.92 Å². The Morgan fingerprint density at radius 2 is 1.85 bits per heavy atom. The molecule has 1 N–H and O–H groups in total. The van der Waals surface area contributed by atoms with Gasteiger partial charge in [-0.15, -0.1) is 4.28 Å². The van der Waals surface area contributed by atoms with Crippen molar-refractivity contribution in [1.82, 2.24) is 15.3 Å². The number of hydroxylamine groups is 2. The van der Waals surface area contributed by atoms with Gasteiger partial charge in [-0.3, -0.25) is 14.4 Å². The number of esters is 2. The molecule has 2 fully saturated rings. The Hall–Kier alpha value is -2.41. The van der Waals surface area contributed by atoms with Crippen molar-refractivity contribution in [3.05, 3.63) is 0 Å². The third kappa shape index (κ3) is 7.03. The molecule has 0 aromatic carbocycles. The minimum atomic E-state index is -4.31. The predicted molar refractivity (Wildman–Crippen MR) is 115 cm³/mol. The van der Waals surface area contributed by atoms with Gasteiger partial charge in [0, 0.05) is 13.0 Å². The van der Waals surface area contributed by atoms with E-state index in [2.05, 4.69) is 5.32 Å². The minimum Gasteiger partial charge on any atom is -0.465 e. The normalized spacial score (nSPS) is 20.5. The molecule has 33 heavy (non-hydrogen) atoms. The van der Waals surface area contributed by atoms with Crippen LogP contribution in [0.15, 0.2) is 0 Å². The number of urea groups is 1. The zero-order chi connectivity index (χ0) is 24.8. The first-order valence-corrected chi connectivity index (χ1v) is 12.6. The fourth-order valence-electron chi connectivity index (χ4n) is 3.56. The van der Waals surface area contributed by atoms with Crippen molar-refractivity contribution in [2.24, 2.45) is 5.41 Å². The van der Waals surface area contributed by atoms with Gasteiger partial charge in [-0.1, -0.05) is 20.3 Å². The molecule has 0 radical (unpaired) electrons. The number of fused-ring (bicyclic) bond motifs is 2. The Balaban J connectivity index is 1.97. The Labute approximate surface area is 194 Å². The highest BCUT2D eigenvalue weighted by molar-refractivity contribution is 7.86. The maximum atomic E-state index is 12.8. The minimum absolute atomic E-state index is 0.115. The van der Waals surface area contributed by atoms with E-state index in [4.69, 9.17) is 13.8 Å². The summed E-state index contributed by atoms with van der Waals surface area (Å²) in [5.41, 5.74) is -1.37. The number of nitrogens with zero attached hydrogens (tertiary/aromatic N) is 2. The molecule has 13 heteroatoms. The molecule has 2 rings (SSSR count). The molecule has 0 unspecified atom stereocenters. The maximum Gasteiger partial charge on any atom is 0.346 e. The monoisotopic (exact) mass is 491 g/mol. The summed E-state index contributed by atoms with van der Waals surface area (Å²) < 4.78 is 40.3. The quantitative estimate of drug-likeness (QED) is 0.239. The third-order valence-electron chi connectivity index (χ3n) is 5.41. The maximum absolute atomic E-state index is 12.8. The molecule has 2 aliphatic rings. The number of ether oxygens (including phenoxy) is 2. The standard InChI is InChI=1S/C20H33N3O9S/c1-5-7-10-30-18(26)20(3,4)12-33(28,29)32-23-14-8-9-15(22(11-14)19(23)27)17(25)21-13-31-16(24)6-2/h14-15H,5-13H2,1-4H3,(H,21,25)/t14-,15+/m1/s1. The van der Waals surface area contributed by atoms with Gasteiger partial charge in [-0.2, -0.15) is 13.5 Å². The molecule has 2 bridgehead atoms. The molecule has 0 saturated carbocycles. The summed E-state index contributed by atoms with van der Waals surface area (Å²) in [5, 5.41) is 3.21. The molecule has 0 aromatic rings. The average molecular weight is 492 g/mol. The van der Waals surface area contributed by atoms with Crippen molar-refractivity contribution in [2.45, 2.75) is 71.9 Å². The first kappa shape index (κ1) is 26.8. The Morgan fingerprint density at radius 1 is 1.15 bits per heavy atom. The summed E-state index contributed by atoms with van der Waals surface area (Å²) in [6, 6.07) is -2.14. The molecule has 0 spiro atoms. The van der Waals surface area contributed by atoms with Crippen LogP contribution in [0.3, 0.4) is 0 Å². The fraction of sp³-hybridized carbons (Fsp3) is 0.800. The third-order valence-corrected chi connectivity index (χ3v) is 6.87. The van der Waals surface area contributed by atoms with Crippen LogP contribution in [0.4, 0.5) is 4.79 Å². The number of carbonyl (C=O) groups is 4. The number of piperidine rings is 1. The van der Waals surface area contributed by atoms with Crippen LogP contribution < -0.4 is 5.32 Å². The van der Waals surface area contributed by atoms with Crippen molar-refractivity contribution in [2.75, 3.05) is 25.6 Å². The second-order valence-corrected chi connectivity index (χ2v) is 10.3. The van der Waals surface area contributed by atoms with Crippen molar-refractivity contribution in [3.63, 3.8) is 0 Å². The number of hydrogen-bond donors (Lipinski definition) is 1. The largest absolute Gasteiger partial charge is 0.465 e. The molecular weight excluding hydrogens is 458 g/mol. The Bertz CT molecular complexity index is 859. The number of carbonyl (C=O) groups excluding carboxylic acids is 4. The smallest absolute Gasteiger partial charge is 0.346 e. The summed E-state index contributed by atoms with van der Waals surface area (Å²) in [5.74, 6) is -2.32. The molecule has 2 atom stereocenters. The van der Waals surface area contributed by atoms with E-state index in [1.807, 2.05) is 6.92 Å². The first-order chi connectivity index (χ1) is 15.4. The van der Waals surface area contributed by atoms with Crippen LogP contribution in [-0.4, -0.2) is 80.0 Å². The molecule has 2 saturated heterocycles. The van der Waals surface area contributed by atoms with Crippen LogP contribution in [-0.2, 0) is 38.3 Å². The fourth-order valence-corrected chi connectivity index (χ4v) is 5.05. The molecule has 0 aromatic heterocycles. The summed E-state index contributed by atoms with van der Waals surface area (Å²) >= 11 is 0. The van der Waals surface area contributed by atoms with Gasteiger partial charge in [0.25, 0.3) is 10.1 Å². The van der Waals surface area contributed by atoms with Crippen LogP contribution in [0.2, 0.25) is 0 Å². The van der Waals surface area contributed by atoms with Gasteiger partial charge >= 0.3 is 18.0 Å². The van der Waals surface area contributed by atoms with E-state index < -0.39 is 57.2 Å². The van der Waals surface area contributed by atoms with Crippen LogP contribution in [0.25, 0.3) is 0 Å². The summed E-state index contributed by atoms with van der Waals surface area (Å²) in [7, 11) is -4.31. The molecule has 2 aliphatic heterocycles. The van der Waals surface area contributed by atoms with Crippen molar-refractivity contribution in [3.8, 4) is 0 Å². The van der Waals surface area contributed by atoms with Gasteiger partial charge in [0.15, 0.2) is 6.73 Å². The van der Waals surface area contributed by atoms with Gasteiger partial charge in [0.1, 0.15) is 6.04 Å². The number of unbranched alkanes of at least 4 members (excludes halogenated alkanes) is 1. The lowest BCUT2D eigenvalue weighted by Crippen LogP contribution is -2.50. The number of rotatable bonds is 12. The number of nitrogens with one attached hydrogen (secondary N) is 1. The molecule has 188 valence electrons. The van der Waals surface area contributed by atoms with E-state index in [-0.39, 0.29) is 26.3 Å². The van der Waals surface area contributed by atoms with Gasteiger partial charge in [-0.25, -0.2) is 4.79 Å². The highest BCUT2D eigenvalue weighted by atomic mass is 32.2. The van der Waals surface area contributed by atoms with Crippen molar-refractivity contribution >= 4 is 34.0 Å². The zero-order valence-electron chi connectivity index (χ0n) is 19.5. The van der Waals surface area contributed by atoms with Crippen LogP contribution >= 0.6 is 0 Å². The SMILES string of the molecule is CCCCOC(=O)C(C)(C)CS(=O)(=O)ON1C(=O)N2C[C@H]1CC[C@H]2C(=O)NCOC(=O)CC. The van der Waals surface area contributed by atoms with Gasteiger partial charge in [0.2, 0.25) is 5.91 Å². The highest BCUT2D eigenvalue weighted by Gasteiger charge is 2.50. The van der Waals surface area contributed by atoms with Crippen LogP contribution in [0, 0.1) is 5.41 Å². The van der Waals surface area contributed by atoms with Crippen LogP contribution in [0.5, 0.6) is 0 Å². The lowest BCUT2D eigenvalue weighted by Gasteiger charge is -2.29. The molecule has 2 heterocycles. The lowest BCUT2D eigenvalue weighted by molar-refractivity contribution is -0.153. The Morgan fingerprint density at radius 3 is 2.48 bits per heavy atom. The van der Waals surface area contributed by atoms with Gasteiger partial charge in [0.05, 0.1) is 23.8 Å². The lowest BCUT2D eigenvalue weighted by atomic mass is 9.97.